The van der Waals surface area contributed by atoms with Gasteiger partial charge in [0.15, 0.2) is 0 Å². The van der Waals surface area contributed by atoms with Gasteiger partial charge >= 0.3 is 0 Å². The fourth-order valence-corrected chi connectivity index (χ4v) is 3.12. The minimum atomic E-state index is -0.153. The quantitative estimate of drug-likeness (QED) is 0.754. The van der Waals surface area contributed by atoms with E-state index in [1.54, 1.807) is 12.3 Å². The van der Waals surface area contributed by atoms with E-state index in [0.717, 1.165) is 12.8 Å². The molecule has 2 aliphatic rings. The van der Waals surface area contributed by atoms with Gasteiger partial charge in [-0.3, -0.25) is 14.6 Å². The first-order valence-electron chi connectivity index (χ1n) is 6.17. The van der Waals surface area contributed by atoms with Gasteiger partial charge in [0.2, 0.25) is 11.8 Å². The summed E-state index contributed by atoms with van der Waals surface area (Å²) >= 11 is 0. The van der Waals surface area contributed by atoms with Crippen LogP contribution in [0, 0.1) is 17.8 Å². The number of nitrogen functional groups attached to an aromatic ring is 1. The lowest BCUT2D eigenvalue weighted by molar-refractivity contribution is -0.123. The molecule has 2 heterocycles. The molecule has 2 N–H and O–H groups in total. The molecule has 0 aromatic carbocycles. The Morgan fingerprint density at radius 1 is 1.28 bits per heavy atom. The molecule has 1 aromatic heterocycles. The van der Waals surface area contributed by atoms with E-state index in [4.69, 9.17) is 5.73 Å². The van der Waals surface area contributed by atoms with Crippen LogP contribution < -0.4 is 10.6 Å². The Labute approximate surface area is 105 Å². The summed E-state index contributed by atoms with van der Waals surface area (Å²) in [5.74, 6) is -0.0653. The van der Waals surface area contributed by atoms with Gasteiger partial charge < -0.3 is 5.73 Å². The SMILES string of the molecule is CC1CC2C(=O)N(c3ccncc3N)C(=O)C2C1. The molecule has 1 saturated carbocycles. The molecule has 1 aliphatic heterocycles. The number of fused-ring (bicyclic) bond motifs is 1. The molecule has 2 atom stereocenters. The van der Waals surface area contributed by atoms with Gasteiger partial charge in [0.1, 0.15) is 0 Å². The number of carbonyl (C=O) groups is 2. The lowest BCUT2D eigenvalue weighted by Gasteiger charge is -2.18. The Morgan fingerprint density at radius 2 is 1.89 bits per heavy atom. The van der Waals surface area contributed by atoms with Crippen LogP contribution in [0.3, 0.4) is 0 Å². The van der Waals surface area contributed by atoms with Gasteiger partial charge in [-0.25, -0.2) is 4.90 Å². The molecule has 1 aromatic rings. The third kappa shape index (κ3) is 1.43. The summed E-state index contributed by atoms with van der Waals surface area (Å²) in [6, 6.07) is 1.62. The summed E-state index contributed by atoms with van der Waals surface area (Å²) in [7, 11) is 0. The molecule has 3 rings (SSSR count). The monoisotopic (exact) mass is 245 g/mol. The standard InChI is InChI=1S/C13H15N3O2/c1-7-4-8-9(5-7)13(18)16(12(8)17)11-2-3-15-6-10(11)14/h2-3,6-9H,4-5,14H2,1H3. The molecule has 1 saturated heterocycles. The Balaban J connectivity index is 1.99. The van der Waals surface area contributed by atoms with E-state index in [1.165, 1.54) is 11.1 Å². The fourth-order valence-electron chi connectivity index (χ4n) is 3.12. The highest BCUT2D eigenvalue weighted by Gasteiger charge is 2.52. The number of pyridine rings is 1. The number of nitrogens with zero attached hydrogens (tertiary/aromatic N) is 2. The Hall–Kier alpha value is -1.91. The van der Waals surface area contributed by atoms with Crippen LogP contribution in [0.5, 0.6) is 0 Å². The largest absolute Gasteiger partial charge is 0.396 e. The molecular formula is C13H15N3O2. The first-order chi connectivity index (χ1) is 8.59. The van der Waals surface area contributed by atoms with Crippen molar-refractivity contribution in [1.29, 1.82) is 0 Å². The molecule has 5 nitrogen and oxygen atoms in total. The molecule has 94 valence electrons. The number of hydrogen-bond donors (Lipinski definition) is 1. The molecule has 2 unspecified atom stereocenters. The minimum Gasteiger partial charge on any atom is -0.396 e. The molecule has 2 amide bonds. The van der Waals surface area contributed by atoms with Crippen LogP contribution in [-0.2, 0) is 9.59 Å². The zero-order valence-electron chi connectivity index (χ0n) is 10.2. The van der Waals surface area contributed by atoms with Gasteiger partial charge in [-0.1, -0.05) is 6.92 Å². The molecule has 5 heteroatoms. The summed E-state index contributed by atoms with van der Waals surface area (Å²) in [6.07, 6.45) is 4.61. The van der Waals surface area contributed by atoms with E-state index in [0.29, 0.717) is 17.3 Å². The number of imide groups is 1. The van der Waals surface area contributed by atoms with Crippen LogP contribution in [0.2, 0.25) is 0 Å². The Morgan fingerprint density at radius 3 is 2.44 bits per heavy atom. The lowest BCUT2D eigenvalue weighted by Crippen LogP contribution is -2.32. The maximum Gasteiger partial charge on any atom is 0.237 e. The third-order valence-corrected chi connectivity index (χ3v) is 3.94. The van der Waals surface area contributed by atoms with Gasteiger partial charge in [-0.2, -0.15) is 0 Å². The van der Waals surface area contributed by atoms with E-state index in [2.05, 4.69) is 11.9 Å². The highest BCUT2D eigenvalue weighted by Crippen LogP contribution is 2.44. The number of rotatable bonds is 1. The van der Waals surface area contributed by atoms with Crippen LogP contribution in [-0.4, -0.2) is 16.8 Å². The Bertz CT molecular complexity index is 505. The van der Waals surface area contributed by atoms with Gasteiger partial charge in [-0.05, 0) is 24.8 Å². The normalized spacial score (nSPS) is 30.9. The van der Waals surface area contributed by atoms with Crippen molar-refractivity contribution in [3.8, 4) is 0 Å². The molecular weight excluding hydrogens is 230 g/mol. The van der Waals surface area contributed by atoms with E-state index < -0.39 is 0 Å². The highest BCUT2D eigenvalue weighted by atomic mass is 16.2. The first-order valence-corrected chi connectivity index (χ1v) is 6.17. The maximum absolute atomic E-state index is 12.3. The van der Waals surface area contributed by atoms with Crippen molar-refractivity contribution < 1.29 is 9.59 Å². The van der Waals surface area contributed by atoms with Crippen molar-refractivity contribution in [3.05, 3.63) is 18.5 Å². The summed E-state index contributed by atoms with van der Waals surface area (Å²) in [5.41, 5.74) is 6.64. The lowest BCUT2D eigenvalue weighted by atomic mass is 10.00. The molecule has 18 heavy (non-hydrogen) atoms. The second kappa shape index (κ2) is 3.80. The van der Waals surface area contributed by atoms with E-state index in [-0.39, 0.29) is 23.7 Å². The molecule has 1 aliphatic carbocycles. The summed E-state index contributed by atoms with van der Waals surface area (Å²) in [5, 5.41) is 0. The van der Waals surface area contributed by atoms with Gasteiger partial charge in [0, 0.05) is 6.20 Å². The fraction of sp³-hybridized carbons (Fsp3) is 0.462. The van der Waals surface area contributed by atoms with Crippen molar-refractivity contribution in [2.24, 2.45) is 17.8 Å². The summed E-state index contributed by atoms with van der Waals surface area (Å²) < 4.78 is 0. The van der Waals surface area contributed by atoms with Crippen molar-refractivity contribution in [3.63, 3.8) is 0 Å². The molecule has 0 radical (unpaired) electrons. The molecule has 0 spiro atoms. The zero-order chi connectivity index (χ0) is 12.9. The number of amides is 2. The predicted octanol–water partition coefficient (Wildman–Crippen LogP) is 1.20. The van der Waals surface area contributed by atoms with Gasteiger partial charge in [-0.15, -0.1) is 0 Å². The number of carbonyl (C=O) groups excluding carboxylic acids is 2. The summed E-state index contributed by atoms with van der Waals surface area (Å²) in [6.45, 7) is 2.09. The van der Waals surface area contributed by atoms with Gasteiger partial charge in [0.25, 0.3) is 0 Å². The number of nitrogens with two attached hydrogens (primary N) is 1. The second-order valence-electron chi connectivity index (χ2n) is 5.24. The average molecular weight is 245 g/mol. The Kier molecular flexibility index (Phi) is 2.36. The zero-order valence-corrected chi connectivity index (χ0v) is 10.2. The van der Waals surface area contributed by atoms with E-state index >= 15 is 0 Å². The predicted molar refractivity (Wildman–Crippen MR) is 66.5 cm³/mol. The van der Waals surface area contributed by atoms with Crippen LogP contribution in [0.15, 0.2) is 18.5 Å². The van der Waals surface area contributed by atoms with Crippen molar-refractivity contribution in [2.45, 2.75) is 19.8 Å². The summed E-state index contributed by atoms with van der Waals surface area (Å²) in [4.78, 5) is 29.8. The molecule has 0 bridgehead atoms. The highest BCUT2D eigenvalue weighted by molar-refractivity contribution is 6.23. The smallest absolute Gasteiger partial charge is 0.237 e. The average Bonchev–Trinajstić information content (AvgIpc) is 2.82. The second-order valence-corrected chi connectivity index (χ2v) is 5.24. The van der Waals surface area contributed by atoms with Crippen LogP contribution in [0.1, 0.15) is 19.8 Å². The topological polar surface area (TPSA) is 76.3 Å². The van der Waals surface area contributed by atoms with Crippen LogP contribution in [0.25, 0.3) is 0 Å². The number of aromatic nitrogens is 1. The van der Waals surface area contributed by atoms with E-state index in [9.17, 15) is 9.59 Å². The minimum absolute atomic E-state index is 0.104. The van der Waals surface area contributed by atoms with Crippen molar-refractivity contribution in [2.75, 3.05) is 10.6 Å². The van der Waals surface area contributed by atoms with Crippen molar-refractivity contribution in [1.82, 2.24) is 4.98 Å². The third-order valence-electron chi connectivity index (χ3n) is 3.94. The van der Waals surface area contributed by atoms with Crippen LogP contribution in [0.4, 0.5) is 11.4 Å². The first kappa shape index (κ1) is 11.2. The maximum atomic E-state index is 12.3. The van der Waals surface area contributed by atoms with Crippen molar-refractivity contribution >= 4 is 23.2 Å². The van der Waals surface area contributed by atoms with Crippen LogP contribution >= 0.6 is 0 Å². The number of anilines is 2. The molecule has 2 fully saturated rings. The van der Waals surface area contributed by atoms with E-state index in [1.807, 2.05) is 0 Å². The van der Waals surface area contributed by atoms with Gasteiger partial charge in [0.05, 0.1) is 29.4 Å². The number of hydrogen-bond acceptors (Lipinski definition) is 4.